The summed E-state index contributed by atoms with van der Waals surface area (Å²) in [5, 5.41) is 0. The zero-order chi connectivity index (χ0) is 18.4. The summed E-state index contributed by atoms with van der Waals surface area (Å²) in [6.07, 6.45) is 8.97. The predicted molar refractivity (Wildman–Crippen MR) is 99.1 cm³/mol. The summed E-state index contributed by atoms with van der Waals surface area (Å²) < 4.78 is 5.72. The van der Waals surface area contributed by atoms with E-state index in [1.165, 1.54) is 0 Å². The summed E-state index contributed by atoms with van der Waals surface area (Å²) in [4.78, 5) is 29.4. The number of amides is 1. The highest BCUT2D eigenvalue weighted by atomic mass is 16.5. The molecule has 26 heavy (non-hydrogen) atoms. The van der Waals surface area contributed by atoms with Crippen LogP contribution in [0.25, 0.3) is 0 Å². The van der Waals surface area contributed by atoms with Gasteiger partial charge in [-0.1, -0.05) is 13.0 Å². The van der Waals surface area contributed by atoms with Gasteiger partial charge >= 0.3 is 0 Å². The quantitative estimate of drug-likeness (QED) is 0.756. The lowest BCUT2D eigenvalue weighted by molar-refractivity contribution is -0.130. The average molecular weight is 355 g/mol. The number of ether oxygens (including phenoxy) is 1. The molecular weight excluding hydrogens is 330 g/mol. The van der Waals surface area contributed by atoms with E-state index in [0.717, 1.165) is 37.3 Å². The molecule has 0 saturated carbocycles. The fourth-order valence-corrected chi connectivity index (χ4v) is 3.09. The molecule has 0 aliphatic carbocycles. The Morgan fingerprint density at radius 2 is 2.19 bits per heavy atom. The number of hydrogen-bond acceptors (Lipinski definition) is 6. The molecule has 0 unspecified atom stereocenters. The lowest BCUT2D eigenvalue weighted by atomic mass is 10.1. The molecule has 0 N–H and O–H groups in total. The Hall–Kier alpha value is -2.70. The van der Waals surface area contributed by atoms with Crippen LogP contribution in [0.4, 0.5) is 5.82 Å². The van der Waals surface area contributed by atoms with E-state index >= 15 is 0 Å². The van der Waals surface area contributed by atoms with Gasteiger partial charge in [-0.25, -0.2) is 9.97 Å². The average Bonchev–Trinajstić information content (AvgIpc) is 3.16. The fourth-order valence-electron chi connectivity index (χ4n) is 3.09. The molecule has 3 heterocycles. The van der Waals surface area contributed by atoms with Crippen LogP contribution in [0.2, 0.25) is 0 Å². The molecule has 1 aliphatic heterocycles. The van der Waals surface area contributed by atoms with E-state index in [-0.39, 0.29) is 11.9 Å². The molecule has 1 amide bonds. The molecular formula is C19H25N5O2. The number of carbonyl (C=O) groups excluding carboxylic acids is 1. The van der Waals surface area contributed by atoms with Gasteiger partial charge in [-0.05, 0) is 24.5 Å². The normalized spacial score (nSPS) is 16.5. The van der Waals surface area contributed by atoms with Gasteiger partial charge in [0, 0.05) is 44.9 Å². The summed E-state index contributed by atoms with van der Waals surface area (Å²) in [7, 11) is 1.87. The highest BCUT2D eigenvalue weighted by molar-refractivity contribution is 5.79. The molecule has 7 nitrogen and oxygen atoms in total. The molecule has 2 aromatic rings. The molecule has 1 saturated heterocycles. The van der Waals surface area contributed by atoms with Crippen molar-refractivity contribution in [2.24, 2.45) is 0 Å². The Morgan fingerprint density at radius 1 is 1.35 bits per heavy atom. The minimum absolute atomic E-state index is 0.103. The maximum atomic E-state index is 12.6. The molecule has 1 fully saturated rings. The van der Waals surface area contributed by atoms with Crippen LogP contribution in [0.15, 0.2) is 36.9 Å². The highest BCUT2D eigenvalue weighted by Gasteiger charge is 2.30. The van der Waals surface area contributed by atoms with Crippen LogP contribution in [0, 0.1) is 0 Å². The van der Waals surface area contributed by atoms with Gasteiger partial charge in [0.2, 0.25) is 5.91 Å². The summed E-state index contributed by atoms with van der Waals surface area (Å²) in [5.41, 5.74) is 0.934. The molecule has 0 spiro atoms. The summed E-state index contributed by atoms with van der Waals surface area (Å²) in [5.74, 6) is 1.43. The summed E-state index contributed by atoms with van der Waals surface area (Å²) >= 11 is 0. The van der Waals surface area contributed by atoms with Crippen LogP contribution in [-0.4, -0.2) is 58.5 Å². The molecule has 1 aliphatic rings. The van der Waals surface area contributed by atoms with E-state index in [9.17, 15) is 4.79 Å². The number of pyridine rings is 1. The topological polar surface area (TPSA) is 71.5 Å². The van der Waals surface area contributed by atoms with Gasteiger partial charge in [-0.15, -0.1) is 0 Å². The van der Waals surface area contributed by atoms with Gasteiger partial charge in [-0.2, -0.15) is 0 Å². The van der Waals surface area contributed by atoms with Crippen LogP contribution < -0.4 is 9.64 Å². The zero-order valence-electron chi connectivity index (χ0n) is 15.3. The number of hydrogen-bond donors (Lipinski definition) is 0. The van der Waals surface area contributed by atoms with Gasteiger partial charge in [0.1, 0.15) is 0 Å². The van der Waals surface area contributed by atoms with Crippen molar-refractivity contribution in [3.8, 4) is 5.88 Å². The van der Waals surface area contributed by atoms with Gasteiger partial charge in [0.15, 0.2) is 5.82 Å². The molecule has 0 aromatic carbocycles. The van der Waals surface area contributed by atoms with E-state index in [0.29, 0.717) is 18.9 Å². The second-order valence-electron chi connectivity index (χ2n) is 6.46. The van der Waals surface area contributed by atoms with Crippen molar-refractivity contribution >= 4 is 11.7 Å². The Morgan fingerprint density at radius 3 is 2.96 bits per heavy atom. The number of anilines is 1. The van der Waals surface area contributed by atoms with Crippen LogP contribution >= 0.6 is 0 Å². The molecule has 0 bridgehead atoms. The van der Waals surface area contributed by atoms with Crippen molar-refractivity contribution < 1.29 is 9.53 Å². The summed E-state index contributed by atoms with van der Waals surface area (Å²) in [6, 6.07) is 3.93. The van der Waals surface area contributed by atoms with Crippen molar-refractivity contribution in [1.82, 2.24) is 19.9 Å². The van der Waals surface area contributed by atoms with E-state index in [4.69, 9.17) is 4.74 Å². The minimum Gasteiger partial charge on any atom is -0.475 e. The van der Waals surface area contributed by atoms with Crippen LogP contribution in [-0.2, 0) is 11.2 Å². The monoisotopic (exact) mass is 355 g/mol. The van der Waals surface area contributed by atoms with Crippen molar-refractivity contribution in [2.45, 2.75) is 32.2 Å². The van der Waals surface area contributed by atoms with Gasteiger partial charge < -0.3 is 14.5 Å². The Kier molecular flexibility index (Phi) is 5.99. The first-order chi connectivity index (χ1) is 12.7. The lowest BCUT2D eigenvalue weighted by Gasteiger charge is -2.25. The Balaban J connectivity index is 1.62. The first-order valence-electron chi connectivity index (χ1n) is 9.02. The molecule has 138 valence electrons. The first-order valence-corrected chi connectivity index (χ1v) is 9.02. The van der Waals surface area contributed by atoms with E-state index < -0.39 is 0 Å². The van der Waals surface area contributed by atoms with Crippen molar-refractivity contribution in [3.05, 3.63) is 42.5 Å². The zero-order valence-corrected chi connectivity index (χ0v) is 15.3. The Bertz CT molecular complexity index is 725. The third-order valence-corrected chi connectivity index (χ3v) is 4.57. The predicted octanol–water partition coefficient (Wildman–Crippen LogP) is 1.94. The van der Waals surface area contributed by atoms with Gasteiger partial charge in [-0.3, -0.25) is 9.78 Å². The molecule has 7 heteroatoms. The van der Waals surface area contributed by atoms with E-state index in [2.05, 4.69) is 26.8 Å². The van der Waals surface area contributed by atoms with Crippen LogP contribution in [0.3, 0.4) is 0 Å². The van der Waals surface area contributed by atoms with Crippen molar-refractivity contribution in [2.75, 3.05) is 31.6 Å². The van der Waals surface area contributed by atoms with E-state index in [1.54, 1.807) is 24.8 Å². The molecule has 0 radical (unpaired) electrons. The highest BCUT2D eigenvalue weighted by Crippen LogP contribution is 2.27. The fraction of sp³-hybridized carbons (Fsp3) is 0.474. The van der Waals surface area contributed by atoms with Gasteiger partial charge in [0.05, 0.1) is 19.1 Å². The number of rotatable bonds is 7. The second-order valence-corrected chi connectivity index (χ2v) is 6.46. The molecule has 1 atom stereocenters. The number of carbonyl (C=O) groups is 1. The van der Waals surface area contributed by atoms with Crippen LogP contribution in [0.1, 0.15) is 25.3 Å². The Labute approximate surface area is 154 Å². The molecule has 3 rings (SSSR count). The lowest BCUT2D eigenvalue weighted by Crippen LogP contribution is -2.40. The number of likely N-dealkylation sites (N-methyl/N-ethyl adjacent to an activating group) is 1. The second kappa shape index (κ2) is 8.60. The van der Waals surface area contributed by atoms with Crippen LogP contribution in [0.5, 0.6) is 5.88 Å². The smallest absolute Gasteiger partial charge is 0.257 e. The first kappa shape index (κ1) is 18.1. The van der Waals surface area contributed by atoms with Gasteiger partial charge in [0.25, 0.3) is 5.88 Å². The third kappa shape index (κ3) is 4.28. The number of nitrogens with zero attached hydrogens (tertiary/aromatic N) is 5. The minimum atomic E-state index is 0.103. The largest absolute Gasteiger partial charge is 0.475 e. The van der Waals surface area contributed by atoms with E-state index in [1.807, 2.05) is 24.1 Å². The maximum Gasteiger partial charge on any atom is 0.257 e. The van der Waals surface area contributed by atoms with Crippen molar-refractivity contribution in [1.29, 1.82) is 0 Å². The third-order valence-electron chi connectivity index (χ3n) is 4.57. The summed E-state index contributed by atoms with van der Waals surface area (Å²) in [6.45, 7) is 4.24. The SMILES string of the molecule is CCCOc1nccnc1N1CC[C@H](N(C)C(=O)Cc2cccnc2)C1. The molecule has 2 aromatic heterocycles. The standard InChI is InChI=1S/C19H25N5O2/c1-3-11-26-19-18(21-8-9-22-19)24-10-6-16(14-24)23(2)17(25)12-15-5-4-7-20-13-15/h4-5,7-9,13,16H,3,6,10-12,14H2,1-2H3/t16-/m0/s1. The van der Waals surface area contributed by atoms with Crippen molar-refractivity contribution in [3.63, 3.8) is 0 Å². The number of aromatic nitrogens is 3. The maximum absolute atomic E-state index is 12.6.